The maximum atomic E-state index is 13.8. The van der Waals surface area contributed by atoms with Crippen molar-refractivity contribution < 1.29 is 23.9 Å². The molecule has 0 radical (unpaired) electrons. The summed E-state index contributed by atoms with van der Waals surface area (Å²) >= 11 is 0. The van der Waals surface area contributed by atoms with E-state index in [4.69, 9.17) is 4.74 Å². The third kappa shape index (κ3) is 5.53. The monoisotopic (exact) mass is 499 g/mol. The minimum atomic E-state index is -0.835. The second-order valence-corrected chi connectivity index (χ2v) is 9.15. The molecule has 3 aromatic rings. The van der Waals surface area contributed by atoms with E-state index in [2.05, 4.69) is 5.32 Å². The Morgan fingerprint density at radius 3 is 2.22 bits per heavy atom. The number of carbonyl (C=O) groups is 4. The maximum absolute atomic E-state index is 13.8. The molecule has 0 unspecified atom stereocenters. The van der Waals surface area contributed by atoms with E-state index < -0.39 is 23.6 Å². The van der Waals surface area contributed by atoms with Crippen molar-refractivity contribution in [2.45, 2.75) is 26.4 Å². The molecule has 8 nitrogen and oxygen atoms in total. The van der Waals surface area contributed by atoms with Crippen molar-refractivity contribution in [3.05, 3.63) is 90.0 Å². The molecule has 0 aromatic heterocycles. The van der Waals surface area contributed by atoms with E-state index in [1.54, 1.807) is 55.6 Å². The summed E-state index contributed by atoms with van der Waals surface area (Å²) in [4.78, 5) is 55.2. The zero-order chi connectivity index (χ0) is 26.5. The fraction of sp³-hybridized carbons (Fsp3) is 0.241. The molecule has 0 spiro atoms. The molecule has 4 rings (SSSR count). The van der Waals surface area contributed by atoms with E-state index in [0.29, 0.717) is 17.1 Å². The molecule has 1 atom stereocenters. The molecular weight excluding hydrogens is 470 g/mol. The molecule has 1 N–H and O–H groups in total. The van der Waals surface area contributed by atoms with Gasteiger partial charge in [-0.1, -0.05) is 56.3 Å². The molecule has 1 heterocycles. The van der Waals surface area contributed by atoms with Gasteiger partial charge in [-0.05, 0) is 47.9 Å². The van der Waals surface area contributed by atoms with Crippen LogP contribution in [-0.4, -0.2) is 48.1 Å². The third-order valence-electron chi connectivity index (χ3n) is 6.28. The Bertz CT molecular complexity index is 1300. The summed E-state index contributed by atoms with van der Waals surface area (Å²) in [6, 6.07) is 22.0. The Labute approximate surface area is 215 Å². The van der Waals surface area contributed by atoms with Gasteiger partial charge in [0.25, 0.3) is 11.7 Å². The predicted molar refractivity (Wildman–Crippen MR) is 140 cm³/mol. The third-order valence-corrected chi connectivity index (χ3v) is 6.28. The fourth-order valence-electron chi connectivity index (χ4n) is 4.45. The van der Waals surface area contributed by atoms with Crippen LogP contribution in [0.4, 0.5) is 11.4 Å². The van der Waals surface area contributed by atoms with Gasteiger partial charge >= 0.3 is 0 Å². The first-order valence-corrected chi connectivity index (χ1v) is 12.0. The summed E-state index contributed by atoms with van der Waals surface area (Å²) in [5.41, 5.74) is 2.07. The minimum absolute atomic E-state index is 0.163. The van der Waals surface area contributed by atoms with Crippen molar-refractivity contribution in [2.24, 2.45) is 5.92 Å². The van der Waals surface area contributed by atoms with Gasteiger partial charge in [0.2, 0.25) is 11.8 Å². The smallest absolute Gasteiger partial charge is 0.299 e. The molecule has 0 saturated heterocycles. The number of rotatable bonds is 9. The van der Waals surface area contributed by atoms with Gasteiger partial charge in [-0.15, -0.1) is 0 Å². The first-order chi connectivity index (χ1) is 17.8. The molecule has 8 heteroatoms. The van der Waals surface area contributed by atoms with Crippen LogP contribution in [0.5, 0.6) is 5.75 Å². The number of nitrogens with one attached hydrogen (secondary N) is 1. The summed E-state index contributed by atoms with van der Waals surface area (Å²) in [6.07, 6.45) is 0. The lowest BCUT2D eigenvalue weighted by molar-refractivity contribution is -0.140. The first-order valence-electron chi connectivity index (χ1n) is 12.0. The van der Waals surface area contributed by atoms with E-state index in [1.807, 2.05) is 44.2 Å². The number of anilines is 2. The van der Waals surface area contributed by atoms with E-state index >= 15 is 0 Å². The van der Waals surface area contributed by atoms with E-state index in [-0.39, 0.29) is 30.5 Å². The summed E-state index contributed by atoms with van der Waals surface area (Å²) in [7, 11) is 1.56. The normalized spacial score (nSPS) is 13.4. The highest BCUT2D eigenvalue weighted by atomic mass is 16.5. The molecule has 3 amide bonds. The van der Waals surface area contributed by atoms with Gasteiger partial charge in [0, 0.05) is 12.2 Å². The molecule has 3 aromatic carbocycles. The lowest BCUT2D eigenvalue weighted by atomic mass is 10.00. The van der Waals surface area contributed by atoms with Crippen molar-refractivity contribution in [3.8, 4) is 5.75 Å². The number of ether oxygens (including phenoxy) is 1. The van der Waals surface area contributed by atoms with E-state index in [1.165, 1.54) is 9.80 Å². The molecule has 190 valence electrons. The van der Waals surface area contributed by atoms with Gasteiger partial charge in [0.15, 0.2) is 0 Å². The lowest BCUT2D eigenvalue weighted by Gasteiger charge is -2.34. The second kappa shape index (κ2) is 11.1. The van der Waals surface area contributed by atoms with Crippen LogP contribution in [0.3, 0.4) is 0 Å². The Balaban J connectivity index is 1.63. The van der Waals surface area contributed by atoms with Crippen LogP contribution in [0, 0.1) is 5.92 Å². The highest BCUT2D eigenvalue weighted by molar-refractivity contribution is 6.52. The summed E-state index contributed by atoms with van der Waals surface area (Å²) in [5.74, 6) is -1.77. The second-order valence-electron chi connectivity index (χ2n) is 9.15. The van der Waals surface area contributed by atoms with Crippen molar-refractivity contribution >= 4 is 34.9 Å². The minimum Gasteiger partial charge on any atom is -0.497 e. The van der Waals surface area contributed by atoms with Crippen LogP contribution in [0.1, 0.15) is 29.8 Å². The fourth-order valence-corrected chi connectivity index (χ4v) is 4.45. The number of methoxy groups -OCH3 is 1. The molecular formula is C29H29N3O5. The number of para-hydroxylation sites is 1. The van der Waals surface area contributed by atoms with Crippen LogP contribution in [0.15, 0.2) is 78.9 Å². The standard InChI is InChI=1S/C29H29N3O5/c1-19(2)26(28(35)30-21-13-15-22(37-3)16-14-21)32(17-20-9-5-4-6-10-20)25(33)18-31-24-12-8-7-11-23(24)27(34)29(31)36/h4-16,19,26H,17-18H2,1-3H3,(H,30,35)/t26-/m0/s1. The first kappa shape index (κ1) is 25.6. The zero-order valence-corrected chi connectivity index (χ0v) is 21.0. The molecule has 0 saturated carbocycles. The van der Waals surface area contributed by atoms with Crippen LogP contribution < -0.4 is 15.0 Å². The van der Waals surface area contributed by atoms with Crippen LogP contribution >= 0.6 is 0 Å². The Morgan fingerprint density at radius 2 is 1.57 bits per heavy atom. The quantitative estimate of drug-likeness (QED) is 0.450. The van der Waals surface area contributed by atoms with Crippen molar-refractivity contribution in [1.29, 1.82) is 0 Å². The highest BCUT2D eigenvalue weighted by Gasteiger charge is 2.39. The van der Waals surface area contributed by atoms with Crippen molar-refractivity contribution in [2.75, 3.05) is 23.9 Å². The number of Topliss-reactive ketones (excluding diaryl/α,β-unsaturated/α-hetero) is 1. The van der Waals surface area contributed by atoms with Gasteiger partial charge < -0.3 is 15.0 Å². The molecule has 0 bridgehead atoms. The van der Waals surface area contributed by atoms with E-state index in [0.717, 1.165) is 5.56 Å². The summed E-state index contributed by atoms with van der Waals surface area (Å²) < 4.78 is 5.18. The average Bonchev–Trinajstić information content (AvgIpc) is 3.14. The Hall–Kier alpha value is -4.46. The maximum Gasteiger partial charge on any atom is 0.299 e. The SMILES string of the molecule is COc1ccc(NC(=O)[C@H](C(C)C)N(Cc2ccccc2)C(=O)CN2C(=O)C(=O)c3ccccc32)cc1. The average molecular weight is 500 g/mol. The van der Waals surface area contributed by atoms with Gasteiger partial charge in [-0.2, -0.15) is 0 Å². The molecule has 0 fully saturated rings. The Morgan fingerprint density at radius 1 is 0.919 bits per heavy atom. The number of ketones is 1. The summed E-state index contributed by atoms with van der Waals surface area (Å²) in [5, 5.41) is 2.90. The number of hydrogen-bond donors (Lipinski definition) is 1. The number of hydrogen-bond acceptors (Lipinski definition) is 5. The summed E-state index contributed by atoms with van der Waals surface area (Å²) in [6.45, 7) is 3.54. The molecule has 37 heavy (non-hydrogen) atoms. The van der Waals surface area contributed by atoms with Crippen molar-refractivity contribution in [3.63, 3.8) is 0 Å². The molecule has 0 aliphatic carbocycles. The number of nitrogens with zero attached hydrogens (tertiary/aromatic N) is 2. The van der Waals surface area contributed by atoms with Crippen LogP contribution in [0.2, 0.25) is 0 Å². The predicted octanol–water partition coefficient (Wildman–Crippen LogP) is 3.92. The van der Waals surface area contributed by atoms with Gasteiger partial charge in [0.05, 0.1) is 18.4 Å². The largest absolute Gasteiger partial charge is 0.497 e. The van der Waals surface area contributed by atoms with Gasteiger partial charge in [0.1, 0.15) is 18.3 Å². The highest BCUT2D eigenvalue weighted by Crippen LogP contribution is 2.29. The lowest BCUT2D eigenvalue weighted by Crippen LogP contribution is -2.53. The van der Waals surface area contributed by atoms with Crippen molar-refractivity contribution in [1.82, 2.24) is 4.90 Å². The number of benzene rings is 3. The van der Waals surface area contributed by atoms with E-state index in [9.17, 15) is 19.2 Å². The number of amides is 3. The molecule has 1 aliphatic heterocycles. The molecule has 1 aliphatic rings. The van der Waals surface area contributed by atoms with Gasteiger partial charge in [-0.25, -0.2) is 0 Å². The zero-order valence-electron chi connectivity index (χ0n) is 21.0. The topological polar surface area (TPSA) is 96.0 Å². The van der Waals surface area contributed by atoms with Gasteiger partial charge in [-0.3, -0.25) is 24.1 Å². The van der Waals surface area contributed by atoms with Crippen LogP contribution in [-0.2, 0) is 20.9 Å². The number of carbonyl (C=O) groups excluding carboxylic acids is 4. The number of fused-ring (bicyclic) bond motifs is 1. The Kier molecular flexibility index (Phi) is 7.67. The van der Waals surface area contributed by atoms with Crippen LogP contribution in [0.25, 0.3) is 0 Å².